The molecule has 1 atom stereocenters. The molecule has 1 fully saturated rings. The van der Waals surface area contributed by atoms with Crippen LogP contribution in [-0.2, 0) is 44.0 Å². The molecular weight excluding hydrogens is 343 g/mol. The predicted octanol–water partition coefficient (Wildman–Crippen LogP) is 1.51. The molecule has 0 spiro atoms. The van der Waals surface area contributed by atoms with Crippen LogP contribution >= 0.6 is 0 Å². The molecule has 5 nitrogen and oxygen atoms in total. The van der Waals surface area contributed by atoms with E-state index in [2.05, 4.69) is 4.72 Å². The van der Waals surface area contributed by atoms with Crippen molar-refractivity contribution in [2.75, 3.05) is 0 Å². The number of phenolic OH excluding ortho intramolecular Hbond substituents is 2. The van der Waals surface area contributed by atoms with Gasteiger partial charge in [0.05, 0.1) is 0 Å². The molecule has 1 unspecified atom stereocenters. The fourth-order valence-corrected chi connectivity index (χ4v) is 3.04. The summed E-state index contributed by atoms with van der Waals surface area (Å²) in [5.74, 6) is 0.385. The Morgan fingerprint density at radius 3 is 2.37 bits per heavy atom. The number of hydrogen-bond donors (Lipinski definition) is 3. The van der Waals surface area contributed by atoms with E-state index >= 15 is 0 Å². The van der Waals surface area contributed by atoms with Crippen LogP contribution in [-0.4, -0.2) is 25.0 Å². The van der Waals surface area contributed by atoms with Crippen LogP contribution < -0.4 is 4.72 Å². The van der Waals surface area contributed by atoms with E-state index < -0.39 is 11.3 Å². The average molecular weight is 359 g/mol. The van der Waals surface area contributed by atoms with Gasteiger partial charge in [-0.15, -0.1) is 0 Å². The van der Waals surface area contributed by atoms with E-state index in [0.717, 1.165) is 31.2 Å². The Balaban J connectivity index is 0.00000180. The summed E-state index contributed by atoms with van der Waals surface area (Å²) in [5.41, 5.74) is 0.828. The maximum atomic E-state index is 10.5. The number of aromatic hydroxyl groups is 2. The molecule has 1 aromatic carbocycles. The SMILES string of the molecule is O=S([O-])NC1CCC(c2ccc(O)cc2O)CC1.[Y]. The van der Waals surface area contributed by atoms with Crippen LogP contribution in [0.5, 0.6) is 11.5 Å². The van der Waals surface area contributed by atoms with Crippen molar-refractivity contribution in [3.8, 4) is 11.5 Å². The Bertz CT molecular complexity index is 449. The molecule has 0 bridgehead atoms. The van der Waals surface area contributed by atoms with Gasteiger partial charge in [-0.25, -0.2) is 4.72 Å². The molecule has 3 N–H and O–H groups in total. The zero-order valence-corrected chi connectivity index (χ0v) is 14.1. The Morgan fingerprint density at radius 1 is 1.21 bits per heavy atom. The van der Waals surface area contributed by atoms with E-state index in [-0.39, 0.29) is 56.2 Å². The van der Waals surface area contributed by atoms with E-state index in [1.807, 2.05) is 0 Å². The standard InChI is InChI=1S/C12H17NO4S.Y/c14-10-5-6-11(12(15)7-10)8-1-3-9(4-2-8)13-18(16)17;/h5-9,13-15H,1-4H2,(H,16,17);/p-1. The fourth-order valence-electron chi connectivity index (χ4n) is 2.54. The van der Waals surface area contributed by atoms with Crippen molar-refractivity contribution in [3.05, 3.63) is 23.8 Å². The quantitative estimate of drug-likeness (QED) is 0.714. The molecule has 1 aliphatic rings. The maximum Gasteiger partial charge on any atom is 0.122 e. The van der Waals surface area contributed by atoms with Gasteiger partial charge in [-0.1, -0.05) is 6.07 Å². The van der Waals surface area contributed by atoms with Crippen molar-refractivity contribution in [2.24, 2.45) is 0 Å². The molecule has 7 heteroatoms. The molecule has 19 heavy (non-hydrogen) atoms. The second kappa shape index (κ2) is 7.69. The summed E-state index contributed by atoms with van der Waals surface area (Å²) in [7, 11) is 0. The average Bonchev–Trinajstić information content (AvgIpc) is 2.30. The normalized spacial score (nSPS) is 24.5. The third kappa shape index (κ3) is 4.79. The topological polar surface area (TPSA) is 92.6 Å². The largest absolute Gasteiger partial charge is 0.760 e. The van der Waals surface area contributed by atoms with Crippen LogP contribution in [0.3, 0.4) is 0 Å². The van der Waals surface area contributed by atoms with Gasteiger partial charge in [0.25, 0.3) is 0 Å². The van der Waals surface area contributed by atoms with Gasteiger partial charge in [-0.2, -0.15) is 0 Å². The molecule has 2 rings (SSSR count). The van der Waals surface area contributed by atoms with Gasteiger partial charge in [0, 0.05) is 56.1 Å². The molecule has 103 valence electrons. The molecule has 0 saturated heterocycles. The Hall–Kier alpha value is -0.00610. The number of nitrogens with one attached hydrogen (secondary N) is 1. The van der Waals surface area contributed by atoms with Crippen LogP contribution in [0.15, 0.2) is 18.2 Å². The zero-order chi connectivity index (χ0) is 13.1. The minimum absolute atomic E-state index is 0. The van der Waals surface area contributed by atoms with Crippen molar-refractivity contribution >= 4 is 11.3 Å². The van der Waals surface area contributed by atoms with Crippen LogP contribution in [0.4, 0.5) is 0 Å². The predicted molar refractivity (Wildman–Crippen MR) is 66.8 cm³/mol. The Labute approximate surface area is 140 Å². The molecule has 0 aliphatic heterocycles. The monoisotopic (exact) mass is 359 g/mol. The van der Waals surface area contributed by atoms with Gasteiger partial charge in [-0.3, -0.25) is 4.21 Å². The molecule has 1 radical (unpaired) electrons. The number of benzene rings is 1. The van der Waals surface area contributed by atoms with Gasteiger partial charge >= 0.3 is 0 Å². The Morgan fingerprint density at radius 2 is 1.84 bits per heavy atom. The molecular formula is C12H16NO4SY-. The summed E-state index contributed by atoms with van der Waals surface area (Å²) in [6, 6.07) is 4.63. The summed E-state index contributed by atoms with van der Waals surface area (Å²) in [4.78, 5) is 0. The van der Waals surface area contributed by atoms with Crippen LogP contribution in [0.1, 0.15) is 37.2 Å². The van der Waals surface area contributed by atoms with E-state index in [4.69, 9.17) is 0 Å². The summed E-state index contributed by atoms with van der Waals surface area (Å²) in [6.07, 6.45) is 3.18. The molecule has 0 amide bonds. The molecule has 0 heterocycles. The second-order valence-corrected chi connectivity index (χ2v) is 5.35. The third-order valence-corrected chi connectivity index (χ3v) is 3.97. The van der Waals surface area contributed by atoms with Crippen LogP contribution in [0, 0.1) is 0 Å². The van der Waals surface area contributed by atoms with E-state index in [1.54, 1.807) is 12.1 Å². The summed E-state index contributed by atoms with van der Waals surface area (Å²) < 4.78 is 23.6. The van der Waals surface area contributed by atoms with Gasteiger partial charge < -0.3 is 14.8 Å². The van der Waals surface area contributed by atoms with Crippen LogP contribution in [0.2, 0.25) is 0 Å². The van der Waals surface area contributed by atoms with E-state index in [1.165, 1.54) is 6.07 Å². The van der Waals surface area contributed by atoms with E-state index in [9.17, 15) is 19.0 Å². The first-order chi connectivity index (χ1) is 8.56. The van der Waals surface area contributed by atoms with Crippen molar-refractivity contribution < 1.29 is 51.7 Å². The third-order valence-electron chi connectivity index (χ3n) is 3.44. The summed E-state index contributed by atoms with van der Waals surface area (Å²) >= 11 is -2.21. The summed E-state index contributed by atoms with van der Waals surface area (Å²) in [6.45, 7) is 0. The fraction of sp³-hybridized carbons (Fsp3) is 0.500. The molecule has 1 saturated carbocycles. The Kier molecular flexibility index (Phi) is 6.90. The van der Waals surface area contributed by atoms with Crippen LogP contribution in [0.25, 0.3) is 0 Å². The molecule has 1 aromatic rings. The number of rotatable bonds is 3. The molecule has 0 aromatic heterocycles. The summed E-state index contributed by atoms with van der Waals surface area (Å²) in [5, 5.41) is 19.0. The van der Waals surface area contributed by atoms with E-state index in [0.29, 0.717) is 0 Å². The second-order valence-electron chi connectivity index (χ2n) is 4.64. The van der Waals surface area contributed by atoms with Crippen molar-refractivity contribution in [2.45, 2.75) is 37.6 Å². The van der Waals surface area contributed by atoms with Gasteiger partial charge in [0.2, 0.25) is 0 Å². The number of hydrogen-bond acceptors (Lipinski definition) is 4. The first kappa shape index (κ1) is 17.0. The minimum Gasteiger partial charge on any atom is -0.760 e. The van der Waals surface area contributed by atoms with Crippen molar-refractivity contribution in [1.82, 2.24) is 4.72 Å². The molecule has 1 aliphatic carbocycles. The maximum absolute atomic E-state index is 10.5. The first-order valence-electron chi connectivity index (χ1n) is 5.93. The smallest absolute Gasteiger partial charge is 0.122 e. The zero-order valence-electron chi connectivity index (χ0n) is 10.4. The van der Waals surface area contributed by atoms with Gasteiger partial charge in [0.1, 0.15) is 11.5 Å². The van der Waals surface area contributed by atoms with Gasteiger partial charge in [0.15, 0.2) is 0 Å². The van der Waals surface area contributed by atoms with Crippen molar-refractivity contribution in [3.63, 3.8) is 0 Å². The number of phenols is 2. The van der Waals surface area contributed by atoms with Crippen molar-refractivity contribution in [1.29, 1.82) is 0 Å². The first-order valence-corrected chi connectivity index (χ1v) is 7.01. The minimum atomic E-state index is -2.21. The van der Waals surface area contributed by atoms with Gasteiger partial charge in [-0.05, 0) is 43.2 Å².